The number of hydrogen-bond donors (Lipinski definition) is 1. The summed E-state index contributed by atoms with van der Waals surface area (Å²) in [6.45, 7) is 7.06. The van der Waals surface area contributed by atoms with Crippen molar-refractivity contribution in [2.24, 2.45) is 0 Å². The number of hydrogen-bond acceptors (Lipinski definition) is 5. The SMILES string of the molecule is CCc1[nH]nc2nc(-c3cc(CC(=O)c4cc(C)cc(OCCOC)c4)ccc3C)ccc12. The molecular weight excluding hydrogens is 414 g/mol. The molecule has 0 aliphatic carbocycles. The Morgan fingerprint density at radius 2 is 1.88 bits per heavy atom. The van der Waals surface area contributed by atoms with Crippen LogP contribution in [-0.2, 0) is 17.6 Å². The molecule has 170 valence electrons. The van der Waals surface area contributed by atoms with Gasteiger partial charge in [0.25, 0.3) is 0 Å². The summed E-state index contributed by atoms with van der Waals surface area (Å²) in [6.07, 6.45) is 1.19. The number of carbonyl (C=O) groups excluding carboxylic acids is 1. The van der Waals surface area contributed by atoms with E-state index in [9.17, 15) is 4.79 Å². The number of carbonyl (C=O) groups is 1. The van der Waals surface area contributed by atoms with Crippen molar-refractivity contribution in [1.82, 2.24) is 15.2 Å². The van der Waals surface area contributed by atoms with E-state index in [2.05, 4.69) is 36.2 Å². The predicted molar refractivity (Wildman–Crippen MR) is 130 cm³/mol. The summed E-state index contributed by atoms with van der Waals surface area (Å²) in [5.74, 6) is 0.733. The molecule has 0 aliphatic rings. The highest BCUT2D eigenvalue weighted by Crippen LogP contribution is 2.27. The van der Waals surface area contributed by atoms with Crippen LogP contribution in [0.1, 0.15) is 39.7 Å². The maximum Gasteiger partial charge on any atom is 0.181 e. The van der Waals surface area contributed by atoms with Gasteiger partial charge in [0, 0.05) is 35.7 Å². The summed E-state index contributed by atoms with van der Waals surface area (Å²) < 4.78 is 10.7. The maximum absolute atomic E-state index is 13.1. The molecule has 6 heteroatoms. The number of Topliss-reactive ketones (excluding diaryl/α,β-unsaturated/α-hetero) is 1. The zero-order chi connectivity index (χ0) is 23.4. The Morgan fingerprint density at radius 3 is 2.67 bits per heavy atom. The van der Waals surface area contributed by atoms with Crippen molar-refractivity contribution in [2.45, 2.75) is 33.6 Å². The Hall–Kier alpha value is -3.51. The van der Waals surface area contributed by atoms with Crippen LogP contribution in [0, 0.1) is 13.8 Å². The van der Waals surface area contributed by atoms with E-state index in [1.807, 2.05) is 37.3 Å². The predicted octanol–water partition coefficient (Wildman–Crippen LogP) is 5.25. The standard InChI is InChI=1S/C27H29N3O3/c1-5-24-22-8-9-25(28-27(22)30-29-24)23-14-19(7-6-18(23)3)15-26(31)20-12-17(2)13-21(16-20)33-11-10-32-4/h6-9,12-14,16H,5,10-11,15H2,1-4H3,(H,28,29,30). The van der Waals surface area contributed by atoms with Gasteiger partial charge in [0.05, 0.1) is 12.3 Å². The fourth-order valence-electron chi connectivity index (χ4n) is 3.95. The van der Waals surface area contributed by atoms with Crippen LogP contribution in [0.15, 0.2) is 48.5 Å². The number of nitrogens with one attached hydrogen (secondary N) is 1. The van der Waals surface area contributed by atoms with Gasteiger partial charge in [0.2, 0.25) is 0 Å². The van der Waals surface area contributed by atoms with Crippen molar-refractivity contribution in [2.75, 3.05) is 20.3 Å². The number of methoxy groups -OCH3 is 1. The number of aromatic nitrogens is 3. The molecule has 0 atom stereocenters. The Bertz CT molecular complexity index is 1290. The van der Waals surface area contributed by atoms with Gasteiger partial charge in [-0.05, 0) is 73.4 Å². The van der Waals surface area contributed by atoms with Crippen LogP contribution >= 0.6 is 0 Å². The number of ketones is 1. The Morgan fingerprint density at radius 1 is 1.03 bits per heavy atom. The molecule has 2 aromatic heterocycles. The van der Waals surface area contributed by atoms with E-state index in [1.54, 1.807) is 13.2 Å². The van der Waals surface area contributed by atoms with Gasteiger partial charge in [-0.2, -0.15) is 5.10 Å². The molecule has 0 saturated carbocycles. The number of aryl methyl sites for hydroxylation is 3. The van der Waals surface area contributed by atoms with E-state index in [1.165, 1.54) is 0 Å². The second kappa shape index (κ2) is 9.96. The number of ether oxygens (including phenoxy) is 2. The third-order valence-corrected chi connectivity index (χ3v) is 5.72. The normalized spacial score (nSPS) is 11.2. The van der Waals surface area contributed by atoms with Gasteiger partial charge < -0.3 is 9.47 Å². The molecule has 0 amide bonds. The average molecular weight is 444 g/mol. The van der Waals surface area contributed by atoms with Gasteiger partial charge in [-0.25, -0.2) is 4.98 Å². The van der Waals surface area contributed by atoms with E-state index in [0.717, 1.165) is 45.4 Å². The molecule has 2 aromatic carbocycles. The summed E-state index contributed by atoms with van der Waals surface area (Å²) >= 11 is 0. The zero-order valence-electron chi connectivity index (χ0n) is 19.6. The first kappa shape index (κ1) is 22.7. The lowest BCUT2D eigenvalue weighted by atomic mass is 9.96. The van der Waals surface area contributed by atoms with Crippen molar-refractivity contribution < 1.29 is 14.3 Å². The highest BCUT2D eigenvalue weighted by Gasteiger charge is 2.13. The van der Waals surface area contributed by atoms with Crippen LogP contribution in [-0.4, -0.2) is 41.3 Å². The zero-order valence-corrected chi connectivity index (χ0v) is 19.6. The van der Waals surface area contributed by atoms with E-state index in [4.69, 9.17) is 14.5 Å². The number of rotatable bonds is 9. The molecular formula is C27H29N3O3. The first-order valence-electron chi connectivity index (χ1n) is 11.2. The van der Waals surface area contributed by atoms with Crippen LogP contribution in [0.25, 0.3) is 22.3 Å². The molecule has 4 aromatic rings. The number of benzene rings is 2. The Labute approximate surface area is 194 Å². The summed E-state index contributed by atoms with van der Waals surface area (Å²) in [5.41, 5.74) is 7.35. The highest BCUT2D eigenvalue weighted by atomic mass is 16.5. The molecule has 0 unspecified atom stereocenters. The van der Waals surface area contributed by atoms with Crippen molar-refractivity contribution >= 4 is 16.8 Å². The monoisotopic (exact) mass is 443 g/mol. The number of fused-ring (bicyclic) bond motifs is 1. The molecule has 0 bridgehead atoms. The van der Waals surface area contributed by atoms with E-state index in [-0.39, 0.29) is 5.78 Å². The lowest BCUT2D eigenvalue weighted by Gasteiger charge is -2.11. The summed E-state index contributed by atoms with van der Waals surface area (Å²) in [5, 5.41) is 8.46. The minimum Gasteiger partial charge on any atom is -0.491 e. The molecule has 33 heavy (non-hydrogen) atoms. The Balaban J connectivity index is 1.58. The third-order valence-electron chi connectivity index (χ3n) is 5.72. The minimum atomic E-state index is 0.0494. The summed E-state index contributed by atoms with van der Waals surface area (Å²) in [7, 11) is 1.63. The van der Waals surface area contributed by atoms with Crippen LogP contribution in [0.2, 0.25) is 0 Å². The van der Waals surface area contributed by atoms with Gasteiger partial charge in [-0.15, -0.1) is 0 Å². The van der Waals surface area contributed by atoms with Gasteiger partial charge in [-0.1, -0.05) is 19.1 Å². The van der Waals surface area contributed by atoms with Crippen LogP contribution in [0.3, 0.4) is 0 Å². The maximum atomic E-state index is 13.1. The number of nitrogens with zero attached hydrogens (tertiary/aromatic N) is 2. The molecule has 0 spiro atoms. The second-order valence-corrected chi connectivity index (χ2v) is 8.25. The van der Waals surface area contributed by atoms with Gasteiger partial charge >= 0.3 is 0 Å². The lowest BCUT2D eigenvalue weighted by molar-refractivity contribution is 0.0992. The summed E-state index contributed by atoms with van der Waals surface area (Å²) in [6, 6.07) is 15.8. The molecule has 0 saturated heterocycles. The van der Waals surface area contributed by atoms with Crippen LogP contribution in [0.4, 0.5) is 0 Å². The first-order chi connectivity index (χ1) is 16.0. The smallest absolute Gasteiger partial charge is 0.181 e. The average Bonchev–Trinajstić information content (AvgIpc) is 3.22. The van der Waals surface area contributed by atoms with Gasteiger partial charge in [0.1, 0.15) is 12.4 Å². The van der Waals surface area contributed by atoms with Crippen molar-refractivity contribution in [3.05, 3.63) is 76.5 Å². The van der Waals surface area contributed by atoms with E-state index >= 15 is 0 Å². The number of H-pyrrole nitrogens is 1. The Kier molecular flexibility index (Phi) is 6.84. The minimum absolute atomic E-state index is 0.0494. The molecule has 1 N–H and O–H groups in total. The molecule has 2 heterocycles. The van der Waals surface area contributed by atoms with Gasteiger partial charge in [0.15, 0.2) is 11.4 Å². The van der Waals surface area contributed by atoms with E-state index < -0.39 is 0 Å². The third kappa shape index (κ3) is 5.12. The van der Waals surface area contributed by atoms with Crippen LogP contribution in [0.5, 0.6) is 5.75 Å². The van der Waals surface area contributed by atoms with Crippen molar-refractivity contribution in [3.63, 3.8) is 0 Å². The van der Waals surface area contributed by atoms with Crippen LogP contribution < -0.4 is 4.74 Å². The number of pyridine rings is 1. The molecule has 0 fully saturated rings. The molecule has 6 nitrogen and oxygen atoms in total. The summed E-state index contributed by atoms with van der Waals surface area (Å²) in [4.78, 5) is 17.8. The fourth-order valence-corrected chi connectivity index (χ4v) is 3.95. The molecule has 0 aliphatic heterocycles. The highest BCUT2D eigenvalue weighted by molar-refractivity contribution is 5.98. The molecule has 0 radical (unpaired) electrons. The second-order valence-electron chi connectivity index (χ2n) is 8.25. The lowest BCUT2D eigenvalue weighted by Crippen LogP contribution is -2.07. The fraction of sp³-hybridized carbons (Fsp3) is 0.296. The van der Waals surface area contributed by atoms with Crippen molar-refractivity contribution in [1.29, 1.82) is 0 Å². The topological polar surface area (TPSA) is 77.1 Å². The largest absolute Gasteiger partial charge is 0.491 e. The van der Waals surface area contributed by atoms with Crippen molar-refractivity contribution in [3.8, 4) is 17.0 Å². The number of aromatic amines is 1. The van der Waals surface area contributed by atoms with Gasteiger partial charge in [-0.3, -0.25) is 9.89 Å². The molecule has 4 rings (SSSR count). The first-order valence-corrected chi connectivity index (χ1v) is 11.2. The van der Waals surface area contributed by atoms with E-state index in [0.29, 0.717) is 36.6 Å². The quantitative estimate of drug-likeness (QED) is 0.282.